The maximum Gasteiger partial charge on any atom is 0.252 e. The lowest BCUT2D eigenvalue weighted by atomic mass is 9.88. The van der Waals surface area contributed by atoms with E-state index in [9.17, 15) is 4.79 Å². The number of carbonyl (C=O) groups excluding carboxylic acids is 1. The molecule has 0 fully saturated rings. The molecule has 5 aromatic rings. The number of pyridine rings is 1. The number of para-hydroxylation sites is 1. The largest absolute Gasteiger partial charge is 0.494 e. The van der Waals surface area contributed by atoms with Gasteiger partial charge in [0.05, 0.1) is 23.4 Å². The Balaban J connectivity index is 1.38. The zero-order chi connectivity index (χ0) is 25.5. The van der Waals surface area contributed by atoms with Crippen LogP contribution in [0.1, 0.15) is 40.7 Å². The highest BCUT2D eigenvalue weighted by molar-refractivity contribution is 6.07. The van der Waals surface area contributed by atoms with Gasteiger partial charge < -0.3 is 10.1 Å². The van der Waals surface area contributed by atoms with E-state index >= 15 is 0 Å². The van der Waals surface area contributed by atoms with Gasteiger partial charge in [-0.25, -0.2) is 4.98 Å². The van der Waals surface area contributed by atoms with E-state index in [0.29, 0.717) is 18.7 Å². The second-order valence-corrected chi connectivity index (χ2v) is 8.95. The third-order valence-corrected chi connectivity index (χ3v) is 6.54. The predicted molar refractivity (Wildman–Crippen MR) is 150 cm³/mol. The maximum atomic E-state index is 13.5. The summed E-state index contributed by atoms with van der Waals surface area (Å²) in [6.07, 6.45) is 0.800. The van der Waals surface area contributed by atoms with Crippen molar-refractivity contribution in [3.05, 3.63) is 132 Å². The Morgan fingerprint density at radius 1 is 0.811 bits per heavy atom. The van der Waals surface area contributed by atoms with Gasteiger partial charge in [-0.3, -0.25) is 4.79 Å². The molecule has 0 radical (unpaired) electrons. The van der Waals surface area contributed by atoms with Crippen LogP contribution in [-0.4, -0.2) is 24.0 Å². The molecule has 0 bridgehead atoms. The number of rotatable bonds is 9. The van der Waals surface area contributed by atoms with E-state index in [0.717, 1.165) is 34.3 Å². The van der Waals surface area contributed by atoms with Gasteiger partial charge in [0, 0.05) is 23.4 Å². The summed E-state index contributed by atoms with van der Waals surface area (Å²) in [7, 11) is 0. The van der Waals surface area contributed by atoms with Crippen LogP contribution in [0.2, 0.25) is 0 Å². The Labute approximate surface area is 218 Å². The topological polar surface area (TPSA) is 51.2 Å². The van der Waals surface area contributed by atoms with E-state index in [2.05, 4.69) is 53.8 Å². The molecular formula is C33H30N2O2. The summed E-state index contributed by atoms with van der Waals surface area (Å²) in [6.45, 7) is 3.14. The second kappa shape index (κ2) is 11.5. The van der Waals surface area contributed by atoms with Gasteiger partial charge in [-0.1, -0.05) is 78.9 Å². The Hall–Kier alpha value is -4.44. The smallest absolute Gasteiger partial charge is 0.252 e. The number of hydrogen-bond donors (Lipinski definition) is 1. The highest BCUT2D eigenvalue weighted by Crippen LogP contribution is 2.29. The fourth-order valence-corrected chi connectivity index (χ4v) is 4.72. The van der Waals surface area contributed by atoms with Crippen molar-refractivity contribution in [1.82, 2.24) is 10.3 Å². The molecule has 4 nitrogen and oxygen atoms in total. The summed E-state index contributed by atoms with van der Waals surface area (Å²) < 4.78 is 5.57. The van der Waals surface area contributed by atoms with Crippen LogP contribution in [0.25, 0.3) is 22.2 Å². The lowest BCUT2D eigenvalue weighted by Crippen LogP contribution is -2.26. The van der Waals surface area contributed by atoms with Crippen LogP contribution in [0.15, 0.2) is 115 Å². The molecule has 37 heavy (non-hydrogen) atoms. The third kappa shape index (κ3) is 5.70. The first-order valence-corrected chi connectivity index (χ1v) is 12.7. The first-order valence-electron chi connectivity index (χ1n) is 12.7. The molecule has 4 heteroatoms. The minimum Gasteiger partial charge on any atom is -0.494 e. The van der Waals surface area contributed by atoms with Crippen LogP contribution in [0, 0.1) is 0 Å². The Morgan fingerprint density at radius 2 is 1.43 bits per heavy atom. The van der Waals surface area contributed by atoms with E-state index in [1.807, 2.05) is 73.7 Å². The number of carbonyl (C=O) groups is 1. The van der Waals surface area contributed by atoms with Crippen LogP contribution >= 0.6 is 0 Å². The highest BCUT2D eigenvalue weighted by atomic mass is 16.5. The van der Waals surface area contributed by atoms with Crippen molar-refractivity contribution in [1.29, 1.82) is 0 Å². The first kappa shape index (κ1) is 24.3. The molecule has 1 N–H and O–H groups in total. The van der Waals surface area contributed by atoms with Crippen LogP contribution < -0.4 is 10.1 Å². The number of hydrogen-bond acceptors (Lipinski definition) is 3. The van der Waals surface area contributed by atoms with E-state index in [-0.39, 0.29) is 11.8 Å². The number of amides is 1. The van der Waals surface area contributed by atoms with Gasteiger partial charge in [-0.15, -0.1) is 0 Å². The molecule has 1 amide bonds. The number of nitrogens with one attached hydrogen (secondary N) is 1. The molecule has 1 aromatic heterocycles. The molecule has 5 rings (SSSR count). The van der Waals surface area contributed by atoms with Gasteiger partial charge in [-0.05, 0) is 60.9 Å². The number of benzene rings is 4. The van der Waals surface area contributed by atoms with Gasteiger partial charge in [0.1, 0.15) is 5.75 Å². The van der Waals surface area contributed by atoms with E-state index in [4.69, 9.17) is 9.72 Å². The normalized spacial score (nSPS) is 11.0. The fourth-order valence-electron chi connectivity index (χ4n) is 4.72. The predicted octanol–water partition coefficient (Wildman–Crippen LogP) is 7.25. The van der Waals surface area contributed by atoms with E-state index in [1.54, 1.807) is 0 Å². The molecular weight excluding hydrogens is 456 g/mol. The molecule has 184 valence electrons. The quantitative estimate of drug-likeness (QED) is 0.239. The monoisotopic (exact) mass is 486 g/mol. The van der Waals surface area contributed by atoms with Crippen molar-refractivity contribution in [2.75, 3.05) is 13.2 Å². The highest BCUT2D eigenvalue weighted by Gasteiger charge is 2.17. The van der Waals surface area contributed by atoms with Crippen LogP contribution in [-0.2, 0) is 0 Å². The van der Waals surface area contributed by atoms with Crippen molar-refractivity contribution in [2.45, 2.75) is 19.3 Å². The summed E-state index contributed by atoms with van der Waals surface area (Å²) in [5.74, 6) is 0.929. The van der Waals surface area contributed by atoms with Crippen molar-refractivity contribution < 1.29 is 9.53 Å². The lowest BCUT2D eigenvalue weighted by molar-refractivity contribution is 0.0954. The third-order valence-electron chi connectivity index (χ3n) is 6.54. The molecule has 0 spiro atoms. The zero-order valence-electron chi connectivity index (χ0n) is 20.9. The lowest BCUT2D eigenvalue weighted by Gasteiger charge is -2.19. The van der Waals surface area contributed by atoms with Crippen LogP contribution in [0.3, 0.4) is 0 Å². The summed E-state index contributed by atoms with van der Waals surface area (Å²) in [6, 6.07) is 38.4. The van der Waals surface area contributed by atoms with Crippen molar-refractivity contribution in [3.8, 4) is 17.0 Å². The zero-order valence-corrected chi connectivity index (χ0v) is 20.9. The Bertz CT molecular complexity index is 1430. The van der Waals surface area contributed by atoms with Crippen molar-refractivity contribution in [3.63, 3.8) is 0 Å². The summed E-state index contributed by atoms with van der Waals surface area (Å²) in [5.41, 5.74) is 5.62. The minimum atomic E-state index is -0.0920. The van der Waals surface area contributed by atoms with Gasteiger partial charge in [-0.2, -0.15) is 0 Å². The van der Waals surface area contributed by atoms with Gasteiger partial charge in [0.15, 0.2) is 0 Å². The van der Waals surface area contributed by atoms with Gasteiger partial charge >= 0.3 is 0 Å². The van der Waals surface area contributed by atoms with Gasteiger partial charge in [0.2, 0.25) is 0 Å². The summed E-state index contributed by atoms with van der Waals surface area (Å²) in [5, 5.41) is 4.02. The second-order valence-electron chi connectivity index (χ2n) is 8.95. The number of nitrogens with zero attached hydrogens (tertiary/aromatic N) is 1. The standard InChI is InChI=1S/C33H30N2O2/c1-2-37-27-19-17-26(18-20-27)32-23-30(29-15-9-10-16-31(29)35-32)33(36)34-22-21-28(24-11-5-3-6-12-24)25-13-7-4-8-14-25/h3-20,23,28H,2,21-22H2,1H3,(H,34,36). The van der Waals surface area contributed by atoms with Crippen molar-refractivity contribution >= 4 is 16.8 Å². The average molecular weight is 487 g/mol. The average Bonchev–Trinajstić information content (AvgIpc) is 2.96. The molecule has 0 aliphatic heterocycles. The number of fused-ring (bicyclic) bond motifs is 1. The van der Waals surface area contributed by atoms with Crippen LogP contribution in [0.4, 0.5) is 0 Å². The van der Waals surface area contributed by atoms with E-state index in [1.165, 1.54) is 11.1 Å². The molecule has 0 aliphatic rings. The van der Waals surface area contributed by atoms with Crippen LogP contribution in [0.5, 0.6) is 5.75 Å². The summed E-state index contributed by atoms with van der Waals surface area (Å²) >= 11 is 0. The number of aromatic nitrogens is 1. The molecule has 4 aromatic carbocycles. The maximum absolute atomic E-state index is 13.5. The van der Waals surface area contributed by atoms with Crippen molar-refractivity contribution in [2.24, 2.45) is 0 Å². The Kier molecular flexibility index (Phi) is 7.56. The molecule has 0 saturated heterocycles. The number of ether oxygens (including phenoxy) is 1. The first-order chi connectivity index (χ1) is 18.2. The molecule has 0 aliphatic carbocycles. The summed E-state index contributed by atoms with van der Waals surface area (Å²) in [4.78, 5) is 18.3. The fraction of sp³-hybridized carbons (Fsp3) is 0.152. The minimum absolute atomic E-state index is 0.0920. The van der Waals surface area contributed by atoms with Gasteiger partial charge in [0.25, 0.3) is 5.91 Å². The molecule has 0 atom stereocenters. The Morgan fingerprint density at radius 3 is 2.08 bits per heavy atom. The van der Waals surface area contributed by atoms with E-state index < -0.39 is 0 Å². The molecule has 0 saturated carbocycles. The molecule has 0 unspecified atom stereocenters. The molecule has 1 heterocycles. The SMILES string of the molecule is CCOc1ccc(-c2cc(C(=O)NCCC(c3ccccc3)c3ccccc3)c3ccccc3n2)cc1.